The molecule has 0 N–H and O–H groups in total. The molecular weight excluding hydrogens is 281 g/mol. The van der Waals surface area contributed by atoms with Gasteiger partial charge in [-0.05, 0) is 22.0 Å². The summed E-state index contributed by atoms with van der Waals surface area (Å²) in [5.74, 6) is -0.335. The van der Waals surface area contributed by atoms with Crippen molar-refractivity contribution >= 4 is 27.7 Å². The van der Waals surface area contributed by atoms with Crippen molar-refractivity contribution in [1.82, 2.24) is 14.8 Å². The van der Waals surface area contributed by atoms with Crippen LogP contribution in [0.15, 0.2) is 39.1 Å². The topological polar surface area (TPSA) is 30.7 Å². The smallest absolute Gasteiger partial charge is 0.156 e. The van der Waals surface area contributed by atoms with Gasteiger partial charge in [0.05, 0.1) is 11.1 Å². The molecule has 0 unspecified atom stereocenters. The van der Waals surface area contributed by atoms with Crippen LogP contribution in [-0.2, 0) is 7.05 Å². The Morgan fingerprint density at radius 1 is 1.47 bits per heavy atom. The van der Waals surface area contributed by atoms with Crippen LogP contribution in [0.4, 0.5) is 4.39 Å². The number of rotatable bonds is 2. The summed E-state index contributed by atoms with van der Waals surface area (Å²) in [6.07, 6.45) is 5.06. The zero-order valence-corrected chi connectivity index (χ0v) is 10.2. The quantitative estimate of drug-likeness (QED) is 0.851. The average Bonchev–Trinajstić information content (AvgIpc) is 2.56. The summed E-state index contributed by atoms with van der Waals surface area (Å²) < 4.78 is 15.7. The highest BCUT2D eigenvalue weighted by molar-refractivity contribution is 9.10. The van der Waals surface area contributed by atoms with Gasteiger partial charge in [-0.2, -0.15) is 5.10 Å². The van der Waals surface area contributed by atoms with Crippen LogP contribution in [0, 0.1) is 5.82 Å². The van der Waals surface area contributed by atoms with Crippen molar-refractivity contribution < 1.29 is 4.39 Å². The Balaban J connectivity index is 2.24. The van der Waals surface area contributed by atoms with E-state index in [-0.39, 0.29) is 5.82 Å². The van der Waals surface area contributed by atoms with E-state index in [1.54, 1.807) is 17.1 Å². The fourth-order valence-corrected chi connectivity index (χ4v) is 2.13. The molecule has 0 aliphatic rings. The maximum atomic E-state index is 13.4. The van der Waals surface area contributed by atoms with E-state index in [4.69, 9.17) is 0 Å². The molecule has 0 amide bonds. The Hall–Kier alpha value is -0.880. The van der Waals surface area contributed by atoms with Gasteiger partial charge in [-0.25, -0.2) is 9.37 Å². The minimum Gasteiger partial charge on any atom is -0.275 e. The second-order valence-corrected chi connectivity index (χ2v) is 4.87. The molecule has 0 aromatic carbocycles. The lowest BCUT2D eigenvalue weighted by Crippen LogP contribution is -1.86. The first-order chi connectivity index (χ1) is 7.15. The number of hydrogen-bond acceptors (Lipinski definition) is 3. The van der Waals surface area contributed by atoms with Crippen LogP contribution in [0.1, 0.15) is 0 Å². The summed E-state index contributed by atoms with van der Waals surface area (Å²) >= 11 is 4.41. The summed E-state index contributed by atoms with van der Waals surface area (Å²) in [6, 6.07) is 1.39. The first-order valence-electron chi connectivity index (χ1n) is 4.13. The van der Waals surface area contributed by atoms with Crippen LogP contribution in [0.25, 0.3) is 0 Å². The van der Waals surface area contributed by atoms with E-state index in [9.17, 15) is 4.39 Å². The van der Waals surface area contributed by atoms with Gasteiger partial charge in [-0.3, -0.25) is 4.68 Å². The fourth-order valence-electron chi connectivity index (χ4n) is 1.04. The molecule has 6 heteroatoms. The lowest BCUT2D eigenvalue weighted by atomic mass is 10.5. The maximum absolute atomic E-state index is 13.4. The molecule has 0 spiro atoms. The molecule has 0 fully saturated rings. The molecule has 2 aromatic rings. The van der Waals surface area contributed by atoms with E-state index in [0.29, 0.717) is 9.50 Å². The molecule has 0 aliphatic carbocycles. The van der Waals surface area contributed by atoms with Gasteiger partial charge in [0.1, 0.15) is 5.03 Å². The molecule has 0 aliphatic heterocycles. The summed E-state index contributed by atoms with van der Waals surface area (Å²) in [5, 5.41) is 4.35. The van der Waals surface area contributed by atoms with Gasteiger partial charge in [0, 0.05) is 23.9 Å². The molecule has 0 saturated heterocycles. The monoisotopic (exact) mass is 287 g/mol. The van der Waals surface area contributed by atoms with Crippen molar-refractivity contribution in [2.45, 2.75) is 9.92 Å². The third kappa shape index (κ3) is 2.57. The Morgan fingerprint density at radius 2 is 2.27 bits per heavy atom. The van der Waals surface area contributed by atoms with Gasteiger partial charge in [-0.1, -0.05) is 11.8 Å². The minimum absolute atomic E-state index is 0.335. The molecule has 0 radical (unpaired) electrons. The van der Waals surface area contributed by atoms with Gasteiger partial charge >= 0.3 is 0 Å². The largest absolute Gasteiger partial charge is 0.275 e. The highest BCUT2D eigenvalue weighted by atomic mass is 79.9. The Morgan fingerprint density at radius 3 is 2.87 bits per heavy atom. The Kier molecular flexibility index (Phi) is 3.06. The summed E-state index contributed by atoms with van der Waals surface area (Å²) in [5.41, 5.74) is 0. The van der Waals surface area contributed by atoms with E-state index in [2.05, 4.69) is 26.0 Å². The molecule has 0 atom stereocenters. The van der Waals surface area contributed by atoms with Gasteiger partial charge in [0.15, 0.2) is 5.82 Å². The number of aryl methyl sites for hydroxylation is 1. The maximum Gasteiger partial charge on any atom is 0.156 e. The third-order valence-corrected chi connectivity index (χ3v) is 3.04. The van der Waals surface area contributed by atoms with Gasteiger partial charge in [0.2, 0.25) is 0 Å². The standard InChI is InChI=1S/C9H7BrFN3S/c1-14-5-7(4-13-14)15-9-8(11)2-6(10)3-12-9/h2-5H,1H3. The predicted molar refractivity (Wildman–Crippen MR) is 59.2 cm³/mol. The minimum atomic E-state index is -0.335. The van der Waals surface area contributed by atoms with E-state index in [0.717, 1.165) is 4.90 Å². The van der Waals surface area contributed by atoms with Crippen LogP contribution >= 0.6 is 27.7 Å². The third-order valence-electron chi connectivity index (χ3n) is 1.67. The molecule has 78 valence electrons. The molecule has 3 nitrogen and oxygen atoms in total. The molecule has 2 aromatic heterocycles. The number of halogens is 2. The second kappa shape index (κ2) is 4.32. The van der Waals surface area contributed by atoms with E-state index >= 15 is 0 Å². The molecule has 0 bridgehead atoms. The Bertz CT molecular complexity index is 486. The van der Waals surface area contributed by atoms with Crippen LogP contribution in [0.5, 0.6) is 0 Å². The molecule has 0 saturated carbocycles. The summed E-state index contributed by atoms with van der Waals surface area (Å²) in [4.78, 5) is 4.85. The lowest BCUT2D eigenvalue weighted by Gasteiger charge is -1.99. The number of aromatic nitrogens is 3. The zero-order valence-electron chi connectivity index (χ0n) is 7.82. The van der Waals surface area contributed by atoms with E-state index in [1.807, 2.05) is 13.2 Å². The summed E-state index contributed by atoms with van der Waals surface area (Å²) in [7, 11) is 1.81. The molecule has 2 heterocycles. The average molecular weight is 288 g/mol. The van der Waals surface area contributed by atoms with Crippen molar-refractivity contribution in [2.75, 3.05) is 0 Å². The van der Waals surface area contributed by atoms with E-state index in [1.165, 1.54) is 17.8 Å². The predicted octanol–water partition coefficient (Wildman–Crippen LogP) is 2.87. The molecule has 15 heavy (non-hydrogen) atoms. The SMILES string of the molecule is Cn1cc(Sc2ncc(Br)cc2F)cn1. The van der Waals surface area contributed by atoms with Crippen LogP contribution < -0.4 is 0 Å². The van der Waals surface area contributed by atoms with Crippen molar-refractivity contribution in [3.63, 3.8) is 0 Å². The summed E-state index contributed by atoms with van der Waals surface area (Å²) in [6.45, 7) is 0. The van der Waals surface area contributed by atoms with Gasteiger partial charge in [0.25, 0.3) is 0 Å². The highest BCUT2D eigenvalue weighted by Crippen LogP contribution is 2.28. The molecule has 2 rings (SSSR count). The molecular formula is C9H7BrFN3S. The van der Waals surface area contributed by atoms with Crippen LogP contribution in [0.2, 0.25) is 0 Å². The van der Waals surface area contributed by atoms with Crippen LogP contribution in [-0.4, -0.2) is 14.8 Å². The first-order valence-corrected chi connectivity index (χ1v) is 5.73. The van der Waals surface area contributed by atoms with Crippen molar-refractivity contribution in [3.05, 3.63) is 34.9 Å². The highest BCUT2D eigenvalue weighted by Gasteiger charge is 2.07. The number of pyridine rings is 1. The Labute approximate surface area is 98.8 Å². The van der Waals surface area contributed by atoms with Crippen LogP contribution in [0.3, 0.4) is 0 Å². The second-order valence-electron chi connectivity index (χ2n) is 2.89. The lowest BCUT2D eigenvalue weighted by molar-refractivity contribution is 0.586. The van der Waals surface area contributed by atoms with Gasteiger partial charge < -0.3 is 0 Å². The van der Waals surface area contributed by atoms with Gasteiger partial charge in [-0.15, -0.1) is 0 Å². The number of nitrogens with zero attached hydrogens (tertiary/aromatic N) is 3. The van der Waals surface area contributed by atoms with Crippen molar-refractivity contribution in [3.8, 4) is 0 Å². The van der Waals surface area contributed by atoms with Crippen molar-refractivity contribution in [2.24, 2.45) is 7.05 Å². The zero-order chi connectivity index (χ0) is 10.8. The van der Waals surface area contributed by atoms with E-state index < -0.39 is 0 Å². The number of hydrogen-bond donors (Lipinski definition) is 0. The first kappa shape index (κ1) is 10.6. The van der Waals surface area contributed by atoms with Crippen molar-refractivity contribution in [1.29, 1.82) is 0 Å². The normalized spacial score (nSPS) is 10.6. The fraction of sp³-hybridized carbons (Fsp3) is 0.111.